The summed E-state index contributed by atoms with van der Waals surface area (Å²) in [5, 5.41) is 3.99. The summed E-state index contributed by atoms with van der Waals surface area (Å²) in [6, 6.07) is 12.4. The maximum atomic E-state index is 6.27. The predicted octanol–water partition coefficient (Wildman–Crippen LogP) is 4.35. The zero-order valence-corrected chi connectivity index (χ0v) is 14.0. The second-order valence-electron chi connectivity index (χ2n) is 5.13. The van der Waals surface area contributed by atoms with E-state index in [-0.39, 0.29) is 0 Å². The van der Waals surface area contributed by atoms with Crippen molar-refractivity contribution < 1.29 is 9.47 Å². The standard InChI is InChI=1S/C18H22ClNO2/c1-4-22-18-16(19)9-15(10-17(18)21-3)12-20-11-14-7-5-13(2)6-8-14/h5-10,20H,4,11-12H2,1-3H3. The molecule has 0 unspecified atom stereocenters. The summed E-state index contributed by atoms with van der Waals surface area (Å²) < 4.78 is 10.9. The quantitative estimate of drug-likeness (QED) is 0.823. The zero-order chi connectivity index (χ0) is 15.9. The lowest BCUT2D eigenvalue weighted by atomic mass is 10.1. The van der Waals surface area contributed by atoms with Gasteiger partial charge in [-0.15, -0.1) is 0 Å². The van der Waals surface area contributed by atoms with Crippen LogP contribution in [0.15, 0.2) is 36.4 Å². The minimum atomic E-state index is 0.557. The monoisotopic (exact) mass is 319 g/mol. The molecule has 0 heterocycles. The van der Waals surface area contributed by atoms with Crippen LogP contribution in [0.5, 0.6) is 11.5 Å². The van der Waals surface area contributed by atoms with Gasteiger partial charge in [-0.3, -0.25) is 0 Å². The molecule has 0 fully saturated rings. The Kier molecular flexibility index (Phi) is 6.10. The largest absolute Gasteiger partial charge is 0.493 e. The van der Waals surface area contributed by atoms with Gasteiger partial charge in [0, 0.05) is 13.1 Å². The third-order valence-electron chi connectivity index (χ3n) is 3.36. The molecule has 22 heavy (non-hydrogen) atoms. The molecule has 0 aliphatic rings. The van der Waals surface area contributed by atoms with Gasteiger partial charge in [0.15, 0.2) is 11.5 Å². The van der Waals surface area contributed by atoms with Gasteiger partial charge in [-0.05, 0) is 37.1 Å². The van der Waals surface area contributed by atoms with Crippen LogP contribution in [0.1, 0.15) is 23.6 Å². The highest BCUT2D eigenvalue weighted by molar-refractivity contribution is 6.32. The average Bonchev–Trinajstić information content (AvgIpc) is 2.51. The number of methoxy groups -OCH3 is 1. The average molecular weight is 320 g/mol. The summed E-state index contributed by atoms with van der Waals surface area (Å²) in [5.41, 5.74) is 3.60. The van der Waals surface area contributed by atoms with Crippen molar-refractivity contribution in [2.75, 3.05) is 13.7 Å². The van der Waals surface area contributed by atoms with Gasteiger partial charge in [-0.2, -0.15) is 0 Å². The summed E-state index contributed by atoms with van der Waals surface area (Å²) >= 11 is 6.27. The molecule has 0 saturated carbocycles. The topological polar surface area (TPSA) is 30.5 Å². The molecule has 2 aromatic carbocycles. The second kappa shape index (κ2) is 8.06. The van der Waals surface area contributed by atoms with E-state index in [1.54, 1.807) is 7.11 Å². The van der Waals surface area contributed by atoms with Crippen molar-refractivity contribution in [2.45, 2.75) is 26.9 Å². The van der Waals surface area contributed by atoms with Crippen LogP contribution in [0.3, 0.4) is 0 Å². The lowest BCUT2D eigenvalue weighted by Crippen LogP contribution is -2.13. The van der Waals surface area contributed by atoms with Crippen LogP contribution in [0.2, 0.25) is 5.02 Å². The molecule has 0 saturated heterocycles. The summed E-state index contributed by atoms with van der Waals surface area (Å²) in [7, 11) is 1.62. The van der Waals surface area contributed by atoms with Gasteiger partial charge >= 0.3 is 0 Å². The first-order chi connectivity index (χ1) is 10.6. The van der Waals surface area contributed by atoms with Crippen molar-refractivity contribution in [3.8, 4) is 11.5 Å². The highest BCUT2D eigenvalue weighted by atomic mass is 35.5. The van der Waals surface area contributed by atoms with Gasteiger partial charge in [-0.1, -0.05) is 41.4 Å². The normalized spacial score (nSPS) is 10.5. The van der Waals surface area contributed by atoms with Crippen molar-refractivity contribution in [2.24, 2.45) is 0 Å². The van der Waals surface area contributed by atoms with E-state index in [0.29, 0.717) is 23.1 Å². The third kappa shape index (κ3) is 4.39. The van der Waals surface area contributed by atoms with Crippen LogP contribution in [0.25, 0.3) is 0 Å². The fraction of sp³-hybridized carbons (Fsp3) is 0.333. The lowest BCUT2D eigenvalue weighted by molar-refractivity contribution is 0.311. The van der Waals surface area contributed by atoms with Crippen molar-refractivity contribution in [1.29, 1.82) is 0 Å². The fourth-order valence-corrected chi connectivity index (χ4v) is 2.50. The number of ether oxygens (including phenoxy) is 2. The first-order valence-corrected chi connectivity index (χ1v) is 7.77. The number of hydrogen-bond donors (Lipinski definition) is 1. The van der Waals surface area contributed by atoms with Gasteiger partial charge in [0.1, 0.15) is 0 Å². The van der Waals surface area contributed by atoms with E-state index in [0.717, 1.165) is 18.7 Å². The zero-order valence-electron chi connectivity index (χ0n) is 13.3. The third-order valence-corrected chi connectivity index (χ3v) is 3.64. The Morgan fingerprint density at radius 3 is 2.36 bits per heavy atom. The molecule has 0 bridgehead atoms. The maximum Gasteiger partial charge on any atom is 0.179 e. The van der Waals surface area contributed by atoms with Crippen molar-refractivity contribution >= 4 is 11.6 Å². The Hall–Kier alpha value is -1.71. The van der Waals surface area contributed by atoms with Crippen molar-refractivity contribution in [3.63, 3.8) is 0 Å². The molecule has 0 aliphatic carbocycles. The highest BCUT2D eigenvalue weighted by Gasteiger charge is 2.11. The molecule has 0 spiro atoms. The number of benzene rings is 2. The van der Waals surface area contributed by atoms with E-state index in [1.165, 1.54) is 11.1 Å². The molecule has 3 nitrogen and oxygen atoms in total. The molecule has 0 aliphatic heterocycles. The molecule has 118 valence electrons. The Morgan fingerprint density at radius 1 is 1.05 bits per heavy atom. The Labute approximate surface area is 137 Å². The molecule has 0 amide bonds. The van der Waals surface area contributed by atoms with Gasteiger partial charge in [0.25, 0.3) is 0 Å². The SMILES string of the molecule is CCOc1c(Cl)cc(CNCc2ccc(C)cc2)cc1OC. The summed E-state index contributed by atoms with van der Waals surface area (Å²) in [6.07, 6.45) is 0. The van der Waals surface area contributed by atoms with E-state index in [1.807, 2.05) is 19.1 Å². The number of aryl methyl sites for hydroxylation is 1. The Bertz CT molecular complexity index is 611. The van der Waals surface area contributed by atoms with Gasteiger partial charge in [0.2, 0.25) is 0 Å². The molecular weight excluding hydrogens is 298 g/mol. The molecule has 2 aromatic rings. The van der Waals surface area contributed by atoms with Crippen LogP contribution in [-0.4, -0.2) is 13.7 Å². The maximum absolute atomic E-state index is 6.27. The molecule has 1 N–H and O–H groups in total. The van der Waals surface area contributed by atoms with Crippen LogP contribution < -0.4 is 14.8 Å². The second-order valence-corrected chi connectivity index (χ2v) is 5.54. The first-order valence-electron chi connectivity index (χ1n) is 7.39. The summed E-state index contributed by atoms with van der Waals surface area (Å²) in [5.74, 6) is 1.27. The molecular formula is C18H22ClNO2. The minimum absolute atomic E-state index is 0.557. The molecule has 4 heteroatoms. The highest BCUT2D eigenvalue weighted by Crippen LogP contribution is 2.36. The van der Waals surface area contributed by atoms with Gasteiger partial charge in [-0.25, -0.2) is 0 Å². The molecule has 0 aromatic heterocycles. The van der Waals surface area contributed by atoms with E-state index in [9.17, 15) is 0 Å². The smallest absolute Gasteiger partial charge is 0.179 e. The number of nitrogens with one attached hydrogen (secondary N) is 1. The minimum Gasteiger partial charge on any atom is -0.493 e. The van der Waals surface area contributed by atoms with Crippen molar-refractivity contribution in [3.05, 3.63) is 58.1 Å². The number of halogens is 1. The van der Waals surface area contributed by atoms with Crippen LogP contribution >= 0.6 is 11.6 Å². The molecule has 0 atom stereocenters. The lowest BCUT2D eigenvalue weighted by Gasteiger charge is -2.13. The molecule has 2 rings (SSSR count). The van der Waals surface area contributed by atoms with Gasteiger partial charge < -0.3 is 14.8 Å². The van der Waals surface area contributed by atoms with E-state index in [2.05, 4.69) is 36.5 Å². The fourth-order valence-electron chi connectivity index (χ4n) is 2.22. The van der Waals surface area contributed by atoms with Crippen LogP contribution in [0, 0.1) is 6.92 Å². The van der Waals surface area contributed by atoms with E-state index in [4.69, 9.17) is 21.1 Å². The Morgan fingerprint density at radius 2 is 1.73 bits per heavy atom. The van der Waals surface area contributed by atoms with E-state index < -0.39 is 0 Å². The van der Waals surface area contributed by atoms with Crippen LogP contribution in [0.4, 0.5) is 0 Å². The first kappa shape index (κ1) is 16.7. The van der Waals surface area contributed by atoms with Crippen molar-refractivity contribution in [1.82, 2.24) is 5.32 Å². The van der Waals surface area contributed by atoms with Gasteiger partial charge in [0.05, 0.1) is 18.7 Å². The summed E-state index contributed by atoms with van der Waals surface area (Å²) in [4.78, 5) is 0. The predicted molar refractivity (Wildman–Crippen MR) is 90.9 cm³/mol. The Balaban J connectivity index is 2.00. The number of rotatable bonds is 7. The molecule has 0 radical (unpaired) electrons. The van der Waals surface area contributed by atoms with E-state index >= 15 is 0 Å². The van der Waals surface area contributed by atoms with Crippen LogP contribution in [-0.2, 0) is 13.1 Å². The number of hydrogen-bond acceptors (Lipinski definition) is 3. The summed E-state index contributed by atoms with van der Waals surface area (Å²) in [6.45, 7) is 6.10.